The van der Waals surface area contributed by atoms with Crippen LogP contribution in [0.1, 0.15) is 11.1 Å². The lowest BCUT2D eigenvalue weighted by atomic mass is 10.2. The molecule has 0 aliphatic heterocycles. The molecule has 3 nitrogen and oxygen atoms in total. The van der Waals surface area contributed by atoms with Crippen molar-refractivity contribution >= 4 is 16.5 Å². The molecule has 2 rings (SSSR count). The average Bonchev–Trinajstić information content (AvgIpc) is 2.44. The van der Waals surface area contributed by atoms with Crippen molar-refractivity contribution in [1.82, 2.24) is 0 Å². The highest BCUT2D eigenvalue weighted by Gasteiger charge is 2.14. The topological polar surface area (TPSA) is 52.3 Å². The molecule has 1 atom stereocenters. The van der Waals surface area contributed by atoms with Gasteiger partial charge in [0.25, 0.3) is 0 Å². The van der Waals surface area contributed by atoms with Crippen LogP contribution >= 0.6 is 0 Å². The maximum atomic E-state index is 14.0. The quantitative estimate of drug-likeness (QED) is 0.882. The van der Waals surface area contributed by atoms with Crippen LogP contribution in [0.15, 0.2) is 41.3 Å². The van der Waals surface area contributed by atoms with Gasteiger partial charge in [-0.15, -0.1) is 0 Å². The summed E-state index contributed by atoms with van der Waals surface area (Å²) in [6.45, 7) is 1.85. The van der Waals surface area contributed by atoms with Gasteiger partial charge in [0.15, 0.2) is 11.6 Å². The first-order valence-corrected chi connectivity index (χ1v) is 7.41. The number of nitrogens with two attached hydrogens (primary N) is 1. The van der Waals surface area contributed by atoms with Crippen molar-refractivity contribution in [3.63, 3.8) is 0 Å². The van der Waals surface area contributed by atoms with Gasteiger partial charge in [0, 0.05) is 5.56 Å². The second kappa shape index (κ2) is 6.05. The predicted molar refractivity (Wildman–Crippen MR) is 78.7 cm³/mol. The largest absolute Gasteiger partial charge is 0.494 e. The summed E-state index contributed by atoms with van der Waals surface area (Å²) in [5.74, 6) is -0.261. The van der Waals surface area contributed by atoms with Crippen LogP contribution in [0.25, 0.3) is 0 Å². The van der Waals surface area contributed by atoms with Gasteiger partial charge >= 0.3 is 0 Å². The standard InChI is InChI=1S/C15H16FNO2S/c1-10-5-3-8-13(15(10)17)20(18)9-11-6-4-7-12(19-2)14(11)16/h3-8H,9,17H2,1-2H3. The van der Waals surface area contributed by atoms with E-state index in [0.29, 0.717) is 16.1 Å². The van der Waals surface area contributed by atoms with E-state index in [9.17, 15) is 8.60 Å². The first kappa shape index (κ1) is 14.5. The minimum atomic E-state index is -1.40. The minimum Gasteiger partial charge on any atom is -0.494 e. The molecule has 0 aliphatic rings. The van der Waals surface area contributed by atoms with Crippen molar-refractivity contribution < 1.29 is 13.3 Å². The summed E-state index contributed by atoms with van der Waals surface area (Å²) in [7, 11) is 0.00317. The van der Waals surface area contributed by atoms with Gasteiger partial charge < -0.3 is 10.5 Å². The van der Waals surface area contributed by atoms with Crippen LogP contribution in [0, 0.1) is 12.7 Å². The maximum absolute atomic E-state index is 14.0. The third kappa shape index (κ3) is 2.82. The molecule has 0 radical (unpaired) electrons. The lowest BCUT2D eigenvalue weighted by molar-refractivity contribution is 0.385. The zero-order chi connectivity index (χ0) is 14.7. The van der Waals surface area contributed by atoms with E-state index in [-0.39, 0.29) is 11.5 Å². The van der Waals surface area contributed by atoms with Gasteiger partial charge in [-0.05, 0) is 24.6 Å². The molecule has 0 spiro atoms. The zero-order valence-corrected chi connectivity index (χ0v) is 12.2. The Morgan fingerprint density at radius 3 is 2.65 bits per heavy atom. The van der Waals surface area contributed by atoms with Gasteiger partial charge in [-0.1, -0.05) is 24.3 Å². The number of anilines is 1. The number of methoxy groups -OCH3 is 1. The summed E-state index contributed by atoms with van der Waals surface area (Å²) in [5, 5.41) is 0. The van der Waals surface area contributed by atoms with Gasteiger partial charge in [0.2, 0.25) is 0 Å². The molecule has 2 aromatic rings. The predicted octanol–water partition coefficient (Wildman–Crippen LogP) is 3.03. The molecule has 0 aliphatic carbocycles. The number of hydrogen-bond donors (Lipinski definition) is 1. The van der Waals surface area contributed by atoms with Crippen molar-refractivity contribution in [3.8, 4) is 5.75 Å². The number of ether oxygens (including phenoxy) is 1. The molecule has 1 unspecified atom stereocenters. The molecule has 0 amide bonds. The molecule has 2 aromatic carbocycles. The van der Waals surface area contributed by atoms with Crippen molar-refractivity contribution in [2.75, 3.05) is 12.8 Å². The summed E-state index contributed by atoms with van der Waals surface area (Å²) >= 11 is 0. The number of benzene rings is 2. The van der Waals surface area contributed by atoms with Crippen LogP contribution in [0.2, 0.25) is 0 Å². The Morgan fingerprint density at radius 2 is 1.95 bits per heavy atom. The molecule has 0 fully saturated rings. The first-order chi connectivity index (χ1) is 9.54. The van der Waals surface area contributed by atoms with E-state index in [1.807, 2.05) is 13.0 Å². The van der Waals surface area contributed by atoms with E-state index < -0.39 is 16.6 Å². The van der Waals surface area contributed by atoms with E-state index in [2.05, 4.69) is 0 Å². The monoisotopic (exact) mass is 293 g/mol. The molecule has 0 saturated carbocycles. The normalized spacial score (nSPS) is 12.2. The van der Waals surface area contributed by atoms with Crippen LogP contribution in [0.3, 0.4) is 0 Å². The summed E-state index contributed by atoms with van der Waals surface area (Å²) < 4.78 is 31.3. The molecule has 5 heteroatoms. The molecule has 106 valence electrons. The summed E-state index contributed by atoms with van der Waals surface area (Å²) in [6, 6.07) is 10.2. The van der Waals surface area contributed by atoms with Crippen LogP contribution < -0.4 is 10.5 Å². The third-order valence-electron chi connectivity index (χ3n) is 3.08. The highest BCUT2D eigenvalue weighted by Crippen LogP contribution is 2.25. The smallest absolute Gasteiger partial charge is 0.169 e. The van der Waals surface area contributed by atoms with Crippen molar-refractivity contribution in [1.29, 1.82) is 0 Å². The van der Waals surface area contributed by atoms with Gasteiger partial charge in [-0.2, -0.15) is 0 Å². The highest BCUT2D eigenvalue weighted by molar-refractivity contribution is 7.84. The van der Waals surface area contributed by atoms with E-state index in [0.717, 1.165) is 5.56 Å². The van der Waals surface area contributed by atoms with E-state index in [1.165, 1.54) is 13.2 Å². The Balaban J connectivity index is 2.31. The molecule has 2 N–H and O–H groups in total. The summed E-state index contributed by atoms with van der Waals surface area (Å²) in [6.07, 6.45) is 0. The Hall–Kier alpha value is -1.88. The fourth-order valence-corrected chi connectivity index (χ4v) is 3.19. The zero-order valence-electron chi connectivity index (χ0n) is 11.4. The van der Waals surface area contributed by atoms with E-state index in [1.54, 1.807) is 24.3 Å². The second-order valence-corrected chi connectivity index (χ2v) is 5.83. The number of rotatable bonds is 4. The molecular weight excluding hydrogens is 277 g/mol. The summed E-state index contributed by atoms with van der Waals surface area (Å²) in [4.78, 5) is 0.534. The number of nitrogen functional groups attached to an aromatic ring is 1. The molecule has 0 aromatic heterocycles. The van der Waals surface area contributed by atoms with Gasteiger partial charge in [0.05, 0.1) is 34.2 Å². The SMILES string of the molecule is COc1cccc(CS(=O)c2cccc(C)c2N)c1F. The van der Waals surface area contributed by atoms with E-state index >= 15 is 0 Å². The first-order valence-electron chi connectivity index (χ1n) is 6.09. The second-order valence-electron chi connectivity index (χ2n) is 4.41. The van der Waals surface area contributed by atoms with Crippen molar-refractivity contribution in [2.45, 2.75) is 17.6 Å². The average molecular weight is 293 g/mol. The Labute approximate surface area is 120 Å². The van der Waals surface area contributed by atoms with Crippen LogP contribution in [-0.2, 0) is 16.6 Å². The number of halogens is 1. The molecule has 0 bridgehead atoms. The Bertz CT molecular complexity index is 658. The third-order valence-corrected chi connectivity index (χ3v) is 4.50. The minimum absolute atomic E-state index is 0.0662. The molecule has 0 heterocycles. The molecular formula is C15H16FNO2S. The van der Waals surface area contributed by atoms with Crippen LogP contribution in [0.5, 0.6) is 5.75 Å². The van der Waals surface area contributed by atoms with Gasteiger partial charge in [0.1, 0.15) is 0 Å². The fraction of sp³-hybridized carbons (Fsp3) is 0.200. The maximum Gasteiger partial charge on any atom is 0.169 e. The number of para-hydroxylation sites is 1. The van der Waals surface area contributed by atoms with Gasteiger partial charge in [-0.3, -0.25) is 4.21 Å². The molecule has 0 saturated heterocycles. The molecule has 20 heavy (non-hydrogen) atoms. The summed E-state index contributed by atoms with van der Waals surface area (Å²) in [5.41, 5.74) is 7.63. The highest BCUT2D eigenvalue weighted by atomic mass is 32.2. The van der Waals surface area contributed by atoms with Crippen LogP contribution in [0.4, 0.5) is 10.1 Å². The Morgan fingerprint density at radius 1 is 1.25 bits per heavy atom. The lowest BCUT2D eigenvalue weighted by Crippen LogP contribution is -2.04. The Kier molecular flexibility index (Phi) is 4.39. The van der Waals surface area contributed by atoms with Gasteiger partial charge in [-0.25, -0.2) is 4.39 Å². The number of aryl methyl sites for hydroxylation is 1. The van der Waals surface area contributed by atoms with E-state index in [4.69, 9.17) is 10.5 Å². The van der Waals surface area contributed by atoms with Crippen molar-refractivity contribution in [3.05, 3.63) is 53.3 Å². The fourth-order valence-electron chi connectivity index (χ4n) is 1.90. The van der Waals surface area contributed by atoms with Crippen molar-refractivity contribution in [2.24, 2.45) is 0 Å². The number of hydrogen-bond acceptors (Lipinski definition) is 3. The van der Waals surface area contributed by atoms with Crippen LogP contribution in [-0.4, -0.2) is 11.3 Å². The lowest BCUT2D eigenvalue weighted by Gasteiger charge is -2.10.